The number of nitrogens with zero attached hydrogens (tertiary/aromatic N) is 1. The van der Waals surface area contributed by atoms with Crippen LogP contribution in [-0.4, -0.2) is 15.1 Å². The van der Waals surface area contributed by atoms with E-state index in [-0.39, 0.29) is 11.6 Å². The summed E-state index contributed by atoms with van der Waals surface area (Å²) in [5, 5.41) is 9.38. The Bertz CT molecular complexity index is 706. The van der Waals surface area contributed by atoms with Gasteiger partial charge in [0.05, 0.1) is 5.52 Å². The predicted molar refractivity (Wildman–Crippen MR) is 67.0 cm³/mol. The first-order chi connectivity index (χ1) is 8.72. The minimum Gasteiger partial charge on any atom is -0.508 e. The third-order valence-electron chi connectivity index (χ3n) is 2.79. The standard InChI is InChI=1S/C14H11FN2O/c15-11-5-2-6-12-14(11)17-13(16-12)8-9-3-1-4-10(18)7-9/h1-7,18H,8H2,(H,16,17). The molecule has 1 aromatic heterocycles. The molecule has 0 atom stereocenters. The van der Waals surface area contributed by atoms with Crippen molar-refractivity contribution in [2.24, 2.45) is 0 Å². The Morgan fingerprint density at radius 2 is 2.00 bits per heavy atom. The molecule has 3 rings (SSSR count). The molecule has 0 bridgehead atoms. The fourth-order valence-electron chi connectivity index (χ4n) is 1.99. The molecule has 0 amide bonds. The molecule has 3 nitrogen and oxygen atoms in total. The van der Waals surface area contributed by atoms with Crippen LogP contribution >= 0.6 is 0 Å². The summed E-state index contributed by atoms with van der Waals surface area (Å²) in [5.41, 5.74) is 1.97. The fraction of sp³-hybridized carbons (Fsp3) is 0.0714. The summed E-state index contributed by atoms with van der Waals surface area (Å²) < 4.78 is 13.5. The Morgan fingerprint density at radius 1 is 1.17 bits per heavy atom. The number of nitrogens with one attached hydrogen (secondary N) is 1. The number of hydrogen-bond acceptors (Lipinski definition) is 2. The molecule has 2 aromatic carbocycles. The first kappa shape index (κ1) is 10.8. The molecular formula is C14H11FN2O. The second-order valence-electron chi connectivity index (χ2n) is 4.17. The van der Waals surface area contributed by atoms with Gasteiger partial charge in [-0.1, -0.05) is 18.2 Å². The van der Waals surface area contributed by atoms with Gasteiger partial charge in [-0.3, -0.25) is 0 Å². The van der Waals surface area contributed by atoms with Crippen LogP contribution in [-0.2, 0) is 6.42 Å². The van der Waals surface area contributed by atoms with E-state index < -0.39 is 0 Å². The fourth-order valence-corrected chi connectivity index (χ4v) is 1.99. The second-order valence-corrected chi connectivity index (χ2v) is 4.17. The lowest BCUT2D eigenvalue weighted by atomic mass is 10.1. The average molecular weight is 242 g/mol. The van der Waals surface area contributed by atoms with Gasteiger partial charge in [0.25, 0.3) is 0 Å². The first-order valence-corrected chi connectivity index (χ1v) is 5.63. The lowest BCUT2D eigenvalue weighted by Gasteiger charge is -1.98. The Balaban J connectivity index is 1.98. The Morgan fingerprint density at radius 3 is 2.78 bits per heavy atom. The molecule has 0 aliphatic rings. The van der Waals surface area contributed by atoms with E-state index in [1.807, 2.05) is 6.07 Å². The lowest BCUT2D eigenvalue weighted by Crippen LogP contribution is -1.90. The number of H-pyrrole nitrogens is 1. The summed E-state index contributed by atoms with van der Waals surface area (Å²) >= 11 is 0. The van der Waals surface area contributed by atoms with Crippen LogP contribution in [0.3, 0.4) is 0 Å². The minimum absolute atomic E-state index is 0.217. The van der Waals surface area contributed by atoms with Crippen molar-refractivity contribution < 1.29 is 9.50 Å². The van der Waals surface area contributed by atoms with Gasteiger partial charge in [-0.15, -0.1) is 0 Å². The van der Waals surface area contributed by atoms with E-state index in [1.54, 1.807) is 30.3 Å². The van der Waals surface area contributed by atoms with Gasteiger partial charge in [-0.2, -0.15) is 0 Å². The maximum atomic E-state index is 13.5. The van der Waals surface area contributed by atoms with Crippen LogP contribution in [0.2, 0.25) is 0 Å². The number of benzene rings is 2. The number of para-hydroxylation sites is 1. The van der Waals surface area contributed by atoms with Crippen LogP contribution in [0.4, 0.5) is 4.39 Å². The van der Waals surface area contributed by atoms with E-state index in [0.29, 0.717) is 23.3 Å². The van der Waals surface area contributed by atoms with Gasteiger partial charge in [0.15, 0.2) is 5.82 Å². The minimum atomic E-state index is -0.328. The molecule has 18 heavy (non-hydrogen) atoms. The van der Waals surface area contributed by atoms with Crippen LogP contribution in [0, 0.1) is 5.82 Å². The molecule has 1 heterocycles. The Labute approximate surface area is 103 Å². The summed E-state index contributed by atoms with van der Waals surface area (Å²) in [6.45, 7) is 0. The number of aromatic hydroxyl groups is 1. The van der Waals surface area contributed by atoms with Crippen molar-refractivity contribution in [2.45, 2.75) is 6.42 Å². The summed E-state index contributed by atoms with van der Waals surface area (Å²) in [6, 6.07) is 11.8. The van der Waals surface area contributed by atoms with E-state index in [0.717, 1.165) is 5.56 Å². The number of imidazole rings is 1. The maximum absolute atomic E-state index is 13.5. The molecule has 3 aromatic rings. The zero-order chi connectivity index (χ0) is 12.5. The zero-order valence-electron chi connectivity index (χ0n) is 9.52. The van der Waals surface area contributed by atoms with Crippen molar-refractivity contribution in [3.63, 3.8) is 0 Å². The van der Waals surface area contributed by atoms with E-state index in [4.69, 9.17) is 0 Å². The molecule has 0 spiro atoms. The molecule has 0 saturated heterocycles. The third-order valence-corrected chi connectivity index (χ3v) is 2.79. The number of aromatic amines is 1. The highest BCUT2D eigenvalue weighted by Gasteiger charge is 2.07. The van der Waals surface area contributed by atoms with Gasteiger partial charge in [-0.25, -0.2) is 9.37 Å². The number of aromatic nitrogens is 2. The number of phenols is 1. The van der Waals surface area contributed by atoms with Crippen LogP contribution in [0.25, 0.3) is 11.0 Å². The number of hydrogen-bond donors (Lipinski definition) is 2. The summed E-state index contributed by atoms with van der Waals surface area (Å²) in [5.74, 6) is 0.571. The highest BCUT2D eigenvalue weighted by atomic mass is 19.1. The van der Waals surface area contributed by atoms with E-state index >= 15 is 0 Å². The van der Waals surface area contributed by atoms with Crippen LogP contribution in [0.1, 0.15) is 11.4 Å². The smallest absolute Gasteiger partial charge is 0.151 e. The zero-order valence-corrected chi connectivity index (χ0v) is 9.52. The molecule has 0 fully saturated rings. The van der Waals surface area contributed by atoms with Crippen molar-refractivity contribution in [2.75, 3.05) is 0 Å². The predicted octanol–water partition coefficient (Wildman–Crippen LogP) is 3.00. The number of fused-ring (bicyclic) bond motifs is 1. The van der Waals surface area contributed by atoms with Gasteiger partial charge >= 0.3 is 0 Å². The molecule has 0 saturated carbocycles. The summed E-state index contributed by atoms with van der Waals surface area (Å²) in [7, 11) is 0. The van der Waals surface area contributed by atoms with Gasteiger partial charge in [0, 0.05) is 6.42 Å². The van der Waals surface area contributed by atoms with E-state index in [1.165, 1.54) is 6.07 Å². The summed E-state index contributed by atoms with van der Waals surface area (Å²) in [4.78, 5) is 7.30. The highest BCUT2D eigenvalue weighted by molar-refractivity contribution is 5.75. The highest BCUT2D eigenvalue weighted by Crippen LogP contribution is 2.18. The lowest BCUT2D eigenvalue weighted by molar-refractivity contribution is 0.474. The molecule has 0 aliphatic carbocycles. The molecule has 0 aliphatic heterocycles. The normalized spacial score (nSPS) is 10.9. The Kier molecular flexibility index (Phi) is 2.48. The van der Waals surface area contributed by atoms with Crippen molar-refractivity contribution >= 4 is 11.0 Å². The van der Waals surface area contributed by atoms with Crippen LogP contribution in [0.15, 0.2) is 42.5 Å². The van der Waals surface area contributed by atoms with Crippen molar-refractivity contribution in [3.8, 4) is 5.75 Å². The van der Waals surface area contributed by atoms with Gasteiger partial charge in [0.2, 0.25) is 0 Å². The molecule has 90 valence electrons. The molecule has 0 unspecified atom stereocenters. The van der Waals surface area contributed by atoms with E-state index in [9.17, 15) is 9.50 Å². The topological polar surface area (TPSA) is 48.9 Å². The maximum Gasteiger partial charge on any atom is 0.151 e. The monoisotopic (exact) mass is 242 g/mol. The number of rotatable bonds is 2. The Hall–Kier alpha value is -2.36. The van der Waals surface area contributed by atoms with Gasteiger partial charge in [-0.05, 0) is 29.8 Å². The molecular weight excluding hydrogens is 231 g/mol. The SMILES string of the molecule is Oc1cccc(Cc2nc3c(F)cccc3[nH]2)c1. The molecule has 0 radical (unpaired) electrons. The molecule has 2 N–H and O–H groups in total. The number of phenolic OH excluding ortho intramolecular Hbond substituents is 1. The molecule has 4 heteroatoms. The third kappa shape index (κ3) is 1.93. The van der Waals surface area contributed by atoms with E-state index in [2.05, 4.69) is 9.97 Å². The van der Waals surface area contributed by atoms with Crippen LogP contribution < -0.4 is 0 Å². The quantitative estimate of drug-likeness (QED) is 0.725. The van der Waals surface area contributed by atoms with Gasteiger partial charge in [0.1, 0.15) is 17.1 Å². The summed E-state index contributed by atoms with van der Waals surface area (Å²) in [6.07, 6.45) is 0.530. The van der Waals surface area contributed by atoms with Crippen molar-refractivity contribution in [1.82, 2.24) is 9.97 Å². The first-order valence-electron chi connectivity index (χ1n) is 5.63. The van der Waals surface area contributed by atoms with Gasteiger partial charge < -0.3 is 10.1 Å². The van der Waals surface area contributed by atoms with Crippen molar-refractivity contribution in [3.05, 3.63) is 59.7 Å². The van der Waals surface area contributed by atoms with Crippen LogP contribution in [0.5, 0.6) is 5.75 Å². The largest absolute Gasteiger partial charge is 0.508 e. The second kappa shape index (κ2) is 4.14. The average Bonchev–Trinajstić information content (AvgIpc) is 2.73. The van der Waals surface area contributed by atoms with Crippen molar-refractivity contribution in [1.29, 1.82) is 0 Å². The number of halogens is 1.